The monoisotopic (exact) mass is 345 g/mol. The minimum Gasteiger partial charge on any atom is -0.389 e. The molecule has 0 aliphatic carbocycles. The van der Waals surface area contributed by atoms with Crippen molar-refractivity contribution < 1.29 is 9.84 Å². The molecule has 7 nitrogen and oxygen atoms in total. The van der Waals surface area contributed by atoms with Gasteiger partial charge in [0.25, 0.3) is 0 Å². The normalized spacial score (nSPS) is 12.2. The Hall–Kier alpha value is -2.35. The van der Waals surface area contributed by atoms with E-state index in [4.69, 9.17) is 16.3 Å². The molecule has 0 aliphatic rings. The maximum absolute atomic E-state index is 10.1. The lowest BCUT2D eigenvalue weighted by Crippen LogP contribution is -2.23. The van der Waals surface area contributed by atoms with Gasteiger partial charge in [-0.25, -0.2) is 4.68 Å². The number of aliphatic hydroxyl groups excluding tert-OH is 1. The molecule has 3 rings (SSSR count). The van der Waals surface area contributed by atoms with Gasteiger partial charge in [0.2, 0.25) is 5.82 Å². The van der Waals surface area contributed by atoms with Crippen LogP contribution in [0.1, 0.15) is 5.56 Å². The van der Waals surface area contributed by atoms with Crippen molar-refractivity contribution in [2.45, 2.75) is 19.3 Å². The highest BCUT2D eigenvalue weighted by molar-refractivity contribution is 6.31. The predicted octanol–water partition coefficient (Wildman–Crippen LogP) is 1.97. The van der Waals surface area contributed by atoms with Crippen LogP contribution >= 0.6 is 11.6 Å². The fourth-order valence-corrected chi connectivity index (χ4v) is 2.37. The molecule has 0 saturated heterocycles. The van der Waals surface area contributed by atoms with Crippen molar-refractivity contribution in [1.29, 1.82) is 0 Å². The van der Waals surface area contributed by atoms with Crippen molar-refractivity contribution in [3.05, 3.63) is 59.2 Å². The summed E-state index contributed by atoms with van der Waals surface area (Å²) in [5.74, 6) is 0.501. The molecule has 24 heavy (non-hydrogen) atoms. The molecule has 0 amide bonds. The summed E-state index contributed by atoms with van der Waals surface area (Å²) in [5, 5.41) is 22.3. The van der Waals surface area contributed by atoms with Gasteiger partial charge in [0, 0.05) is 11.2 Å². The van der Waals surface area contributed by atoms with E-state index in [1.165, 1.54) is 4.68 Å². The second-order valence-corrected chi connectivity index (χ2v) is 5.57. The Kier molecular flexibility index (Phi) is 5.47. The molecule has 1 unspecified atom stereocenters. The number of hydrogen-bond acceptors (Lipinski definition) is 6. The smallest absolute Gasteiger partial charge is 0.200 e. The number of aromatic nitrogens is 5. The Morgan fingerprint density at radius 3 is 2.79 bits per heavy atom. The number of pyridine rings is 1. The third-order valence-corrected chi connectivity index (χ3v) is 3.70. The summed E-state index contributed by atoms with van der Waals surface area (Å²) >= 11 is 6.06. The van der Waals surface area contributed by atoms with E-state index in [-0.39, 0.29) is 13.2 Å². The van der Waals surface area contributed by atoms with Gasteiger partial charge in [0.1, 0.15) is 5.69 Å². The predicted molar refractivity (Wildman–Crippen MR) is 88.2 cm³/mol. The van der Waals surface area contributed by atoms with Crippen molar-refractivity contribution in [3.8, 4) is 11.5 Å². The van der Waals surface area contributed by atoms with Crippen LogP contribution in [0.5, 0.6) is 0 Å². The highest BCUT2D eigenvalue weighted by Gasteiger charge is 2.14. The summed E-state index contributed by atoms with van der Waals surface area (Å²) in [5.41, 5.74) is 1.52. The van der Waals surface area contributed by atoms with Gasteiger partial charge in [-0.05, 0) is 34.2 Å². The van der Waals surface area contributed by atoms with E-state index in [1.807, 2.05) is 36.4 Å². The van der Waals surface area contributed by atoms with Crippen molar-refractivity contribution in [1.82, 2.24) is 25.2 Å². The number of ether oxygens (including phenoxy) is 1. The first-order valence-corrected chi connectivity index (χ1v) is 7.78. The average molecular weight is 346 g/mol. The molecular formula is C16H16ClN5O2. The first-order chi connectivity index (χ1) is 11.7. The molecule has 0 radical (unpaired) electrons. The largest absolute Gasteiger partial charge is 0.389 e. The molecule has 124 valence electrons. The topological polar surface area (TPSA) is 86.0 Å². The Labute approximate surface area is 143 Å². The molecule has 3 aromatic rings. The van der Waals surface area contributed by atoms with E-state index in [2.05, 4.69) is 20.5 Å². The second-order valence-electron chi connectivity index (χ2n) is 5.16. The van der Waals surface area contributed by atoms with Crippen LogP contribution in [0.15, 0.2) is 48.7 Å². The van der Waals surface area contributed by atoms with Crippen molar-refractivity contribution in [2.75, 3.05) is 6.61 Å². The number of hydrogen-bond donors (Lipinski definition) is 1. The fourth-order valence-electron chi connectivity index (χ4n) is 2.18. The Morgan fingerprint density at radius 2 is 2.00 bits per heavy atom. The number of halogens is 1. The molecule has 0 spiro atoms. The molecule has 0 saturated carbocycles. The average Bonchev–Trinajstić information content (AvgIpc) is 3.05. The van der Waals surface area contributed by atoms with Crippen LogP contribution in [0.25, 0.3) is 11.5 Å². The van der Waals surface area contributed by atoms with E-state index in [0.29, 0.717) is 23.1 Å². The number of aliphatic hydroxyl groups is 1. The molecule has 2 aromatic heterocycles. The summed E-state index contributed by atoms with van der Waals surface area (Å²) < 4.78 is 7.03. The van der Waals surface area contributed by atoms with E-state index in [1.54, 1.807) is 12.3 Å². The number of tetrazole rings is 1. The van der Waals surface area contributed by atoms with Crippen LogP contribution in [0.4, 0.5) is 0 Å². The van der Waals surface area contributed by atoms with Gasteiger partial charge in [0.05, 0.1) is 25.9 Å². The Morgan fingerprint density at radius 1 is 1.17 bits per heavy atom. The summed E-state index contributed by atoms with van der Waals surface area (Å²) in [7, 11) is 0. The van der Waals surface area contributed by atoms with Gasteiger partial charge in [-0.3, -0.25) is 4.98 Å². The molecular weight excluding hydrogens is 330 g/mol. The third kappa shape index (κ3) is 4.14. The lowest BCUT2D eigenvalue weighted by atomic mass is 10.2. The van der Waals surface area contributed by atoms with Crippen LogP contribution in [-0.2, 0) is 17.9 Å². The molecule has 1 aromatic carbocycles. The van der Waals surface area contributed by atoms with Crippen LogP contribution < -0.4 is 0 Å². The van der Waals surface area contributed by atoms with Gasteiger partial charge in [-0.15, -0.1) is 5.10 Å². The van der Waals surface area contributed by atoms with Gasteiger partial charge in [-0.1, -0.05) is 35.9 Å². The first-order valence-electron chi connectivity index (χ1n) is 7.41. The fraction of sp³-hybridized carbons (Fsp3) is 0.250. The van der Waals surface area contributed by atoms with Gasteiger partial charge < -0.3 is 9.84 Å². The standard InChI is InChI=1S/C16H16ClN5O2/c17-14-6-2-1-5-12(14)10-24-11-13(23)9-22-16(19-20-21-22)15-7-3-4-8-18-15/h1-8,13,23H,9-11H2. The third-order valence-electron chi connectivity index (χ3n) is 3.34. The zero-order valence-corrected chi connectivity index (χ0v) is 13.5. The van der Waals surface area contributed by atoms with Crippen LogP contribution in [-0.4, -0.2) is 43.0 Å². The lowest BCUT2D eigenvalue weighted by molar-refractivity contribution is 0.0187. The SMILES string of the molecule is OC(COCc1ccccc1Cl)Cn1nnnc1-c1ccccn1. The second kappa shape index (κ2) is 7.96. The van der Waals surface area contributed by atoms with E-state index >= 15 is 0 Å². The number of benzene rings is 1. The summed E-state index contributed by atoms with van der Waals surface area (Å²) in [4.78, 5) is 4.21. The van der Waals surface area contributed by atoms with Gasteiger partial charge >= 0.3 is 0 Å². The van der Waals surface area contributed by atoms with Crippen LogP contribution in [0.2, 0.25) is 5.02 Å². The summed E-state index contributed by atoms with van der Waals surface area (Å²) in [6, 6.07) is 12.9. The highest BCUT2D eigenvalue weighted by atomic mass is 35.5. The van der Waals surface area contributed by atoms with E-state index in [0.717, 1.165) is 5.56 Å². The van der Waals surface area contributed by atoms with Gasteiger partial charge in [-0.2, -0.15) is 0 Å². The number of nitrogens with zero attached hydrogens (tertiary/aromatic N) is 5. The van der Waals surface area contributed by atoms with Crippen LogP contribution in [0.3, 0.4) is 0 Å². The molecule has 8 heteroatoms. The minimum atomic E-state index is -0.751. The first kappa shape index (κ1) is 16.5. The highest BCUT2D eigenvalue weighted by Crippen LogP contribution is 2.16. The molecule has 0 aliphatic heterocycles. The summed E-state index contributed by atoms with van der Waals surface area (Å²) in [6.45, 7) is 0.688. The minimum absolute atomic E-state index is 0.146. The maximum Gasteiger partial charge on any atom is 0.200 e. The Balaban J connectivity index is 1.55. The zero-order valence-electron chi connectivity index (χ0n) is 12.8. The molecule has 2 heterocycles. The van der Waals surface area contributed by atoms with Crippen molar-refractivity contribution >= 4 is 11.6 Å². The lowest BCUT2D eigenvalue weighted by Gasteiger charge is -2.12. The van der Waals surface area contributed by atoms with E-state index < -0.39 is 6.10 Å². The summed E-state index contributed by atoms with van der Waals surface area (Å²) in [6.07, 6.45) is 0.913. The molecule has 1 atom stereocenters. The quantitative estimate of drug-likeness (QED) is 0.704. The molecule has 0 fully saturated rings. The van der Waals surface area contributed by atoms with Crippen molar-refractivity contribution in [2.24, 2.45) is 0 Å². The Bertz CT molecular complexity index is 781. The van der Waals surface area contributed by atoms with Crippen molar-refractivity contribution in [3.63, 3.8) is 0 Å². The maximum atomic E-state index is 10.1. The van der Waals surface area contributed by atoms with E-state index in [9.17, 15) is 5.11 Å². The zero-order chi connectivity index (χ0) is 16.8. The van der Waals surface area contributed by atoms with Crippen LogP contribution in [0, 0.1) is 0 Å². The molecule has 1 N–H and O–H groups in total. The molecule has 0 bridgehead atoms. The number of rotatable bonds is 7. The van der Waals surface area contributed by atoms with Gasteiger partial charge in [0.15, 0.2) is 0 Å².